The van der Waals surface area contributed by atoms with Crippen molar-refractivity contribution in [2.24, 2.45) is 5.84 Å². The number of aryl methyl sites for hydroxylation is 1. The fraction of sp³-hybridized carbons (Fsp3) is 0.308. The third kappa shape index (κ3) is 2.70. The van der Waals surface area contributed by atoms with E-state index < -0.39 is 0 Å². The van der Waals surface area contributed by atoms with E-state index in [0.29, 0.717) is 0 Å². The minimum atomic E-state index is 0.724. The van der Waals surface area contributed by atoms with Crippen LogP contribution in [0.1, 0.15) is 19.0 Å². The molecule has 0 spiro atoms. The number of fused-ring (bicyclic) bond motifs is 1. The maximum atomic E-state index is 5.64. The summed E-state index contributed by atoms with van der Waals surface area (Å²) in [4.78, 5) is 4.68. The average molecular weight is 389 g/mol. The highest BCUT2D eigenvalue weighted by atomic mass is 79.9. The molecule has 1 aromatic heterocycles. The van der Waals surface area contributed by atoms with Gasteiger partial charge in [-0.1, -0.05) is 13.3 Å². The molecule has 1 heterocycles. The molecule has 0 unspecified atom stereocenters. The molecule has 4 nitrogen and oxygen atoms in total. The zero-order valence-electron chi connectivity index (χ0n) is 10.8. The molecular formula is C13H15Br2N3O. The number of anilines is 1. The van der Waals surface area contributed by atoms with Crippen LogP contribution in [0.15, 0.2) is 21.1 Å². The zero-order chi connectivity index (χ0) is 14.0. The van der Waals surface area contributed by atoms with Crippen molar-refractivity contribution in [3.8, 4) is 5.75 Å². The molecule has 0 aliphatic heterocycles. The van der Waals surface area contributed by atoms with Gasteiger partial charge in [0.05, 0.1) is 28.2 Å². The molecular weight excluding hydrogens is 374 g/mol. The Hall–Kier alpha value is -0.850. The second-order valence-corrected chi connectivity index (χ2v) is 5.86. The van der Waals surface area contributed by atoms with E-state index in [2.05, 4.69) is 49.2 Å². The first-order valence-corrected chi connectivity index (χ1v) is 7.53. The Kier molecular flexibility index (Phi) is 4.65. The van der Waals surface area contributed by atoms with Gasteiger partial charge in [0, 0.05) is 10.2 Å². The lowest BCUT2D eigenvalue weighted by Crippen LogP contribution is -2.09. The number of pyridine rings is 1. The minimum Gasteiger partial charge on any atom is -0.495 e. The number of methoxy groups -OCH3 is 1. The number of rotatable bonds is 4. The summed E-state index contributed by atoms with van der Waals surface area (Å²) >= 11 is 7.03. The van der Waals surface area contributed by atoms with E-state index in [1.807, 2.05) is 12.1 Å². The summed E-state index contributed by atoms with van der Waals surface area (Å²) < 4.78 is 7.22. The fourth-order valence-corrected chi connectivity index (χ4v) is 3.48. The largest absolute Gasteiger partial charge is 0.495 e. The number of nitrogens with zero attached hydrogens (tertiary/aromatic N) is 1. The summed E-state index contributed by atoms with van der Waals surface area (Å²) in [5, 5.41) is 0.867. The fourth-order valence-electron chi connectivity index (χ4n) is 2.06. The lowest BCUT2D eigenvalue weighted by Gasteiger charge is -2.14. The number of nitrogen functional groups attached to an aromatic ring is 1. The van der Waals surface area contributed by atoms with Crippen molar-refractivity contribution in [1.29, 1.82) is 0 Å². The Bertz CT molecular complexity index is 617. The summed E-state index contributed by atoms with van der Waals surface area (Å²) in [5.74, 6) is 6.36. The number of ether oxygens (including phenoxy) is 1. The summed E-state index contributed by atoms with van der Waals surface area (Å²) in [6.07, 6.45) is 1.95. The number of nitrogens with two attached hydrogens (primary N) is 1. The normalized spacial score (nSPS) is 10.8. The molecule has 2 rings (SSSR count). The SMILES string of the molecule is CCCc1cc(NN)c2c(OC)c(Br)cc(Br)c2n1. The molecule has 0 atom stereocenters. The van der Waals surface area contributed by atoms with Gasteiger partial charge in [-0.05, 0) is 50.4 Å². The van der Waals surface area contributed by atoms with Crippen LogP contribution in [-0.2, 0) is 6.42 Å². The van der Waals surface area contributed by atoms with Crippen LogP contribution < -0.4 is 16.0 Å². The molecule has 0 radical (unpaired) electrons. The molecule has 2 aromatic rings. The second-order valence-electron chi connectivity index (χ2n) is 4.15. The van der Waals surface area contributed by atoms with Gasteiger partial charge in [-0.2, -0.15) is 0 Å². The number of aromatic nitrogens is 1. The van der Waals surface area contributed by atoms with Crippen LogP contribution in [0.5, 0.6) is 5.75 Å². The zero-order valence-corrected chi connectivity index (χ0v) is 13.9. The molecule has 0 saturated heterocycles. The average Bonchev–Trinajstić information content (AvgIpc) is 2.39. The topological polar surface area (TPSA) is 60.2 Å². The lowest BCUT2D eigenvalue weighted by molar-refractivity contribution is 0.417. The molecule has 19 heavy (non-hydrogen) atoms. The first-order chi connectivity index (χ1) is 9.12. The van der Waals surface area contributed by atoms with E-state index in [0.717, 1.165) is 49.8 Å². The molecule has 0 saturated carbocycles. The Labute approximate surface area is 129 Å². The third-order valence-corrected chi connectivity index (χ3v) is 4.06. The Morgan fingerprint density at radius 2 is 2.05 bits per heavy atom. The smallest absolute Gasteiger partial charge is 0.144 e. The highest BCUT2D eigenvalue weighted by molar-refractivity contribution is 9.11. The van der Waals surface area contributed by atoms with Crippen LogP contribution in [-0.4, -0.2) is 12.1 Å². The summed E-state index contributed by atoms with van der Waals surface area (Å²) in [6, 6.07) is 3.90. The van der Waals surface area contributed by atoms with Gasteiger partial charge in [0.25, 0.3) is 0 Å². The summed E-state index contributed by atoms with van der Waals surface area (Å²) in [6.45, 7) is 2.12. The van der Waals surface area contributed by atoms with Crippen LogP contribution in [0.4, 0.5) is 5.69 Å². The molecule has 0 amide bonds. The Morgan fingerprint density at radius 3 is 2.63 bits per heavy atom. The van der Waals surface area contributed by atoms with Gasteiger partial charge in [0.1, 0.15) is 5.75 Å². The van der Waals surface area contributed by atoms with Crippen molar-refractivity contribution in [3.05, 3.63) is 26.8 Å². The van der Waals surface area contributed by atoms with Gasteiger partial charge in [-0.3, -0.25) is 10.8 Å². The highest BCUT2D eigenvalue weighted by Gasteiger charge is 2.16. The van der Waals surface area contributed by atoms with Crippen molar-refractivity contribution in [3.63, 3.8) is 0 Å². The van der Waals surface area contributed by atoms with Crippen molar-refractivity contribution < 1.29 is 4.74 Å². The standard InChI is InChI=1S/C13H15Br2N3O/c1-3-4-7-5-10(18-16)11-12(17-7)8(14)6-9(15)13(11)19-2/h5-6H,3-4,16H2,1-2H3,(H,17,18). The lowest BCUT2D eigenvalue weighted by atomic mass is 10.1. The number of benzene rings is 1. The maximum absolute atomic E-state index is 5.64. The van der Waals surface area contributed by atoms with E-state index in [1.54, 1.807) is 7.11 Å². The van der Waals surface area contributed by atoms with Crippen LogP contribution in [0.25, 0.3) is 10.9 Å². The molecule has 0 fully saturated rings. The molecule has 6 heteroatoms. The van der Waals surface area contributed by atoms with Gasteiger partial charge >= 0.3 is 0 Å². The third-order valence-electron chi connectivity index (χ3n) is 2.86. The highest BCUT2D eigenvalue weighted by Crippen LogP contribution is 2.41. The number of nitrogens with one attached hydrogen (secondary N) is 1. The predicted molar refractivity (Wildman–Crippen MR) is 85.5 cm³/mol. The van der Waals surface area contributed by atoms with Gasteiger partial charge in [-0.15, -0.1) is 0 Å². The van der Waals surface area contributed by atoms with E-state index in [-0.39, 0.29) is 0 Å². The Balaban J connectivity index is 2.84. The van der Waals surface area contributed by atoms with E-state index >= 15 is 0 Å². The van der Waals surface area contributed by atoms with Gasteiger partial charge in [0.2, 0.25) is 0 Å². The molecule has 102 valence electrons. The van der Waals surface area contributed by atoms with Crippen LogP contribution in [0, 0.1) is 0 Å². The van der Waals surface area contributed by atoms with Crippen molar-refractivity contribution in [1.82, 2.24) is 4.98 Å². The van der Waals surface area contributed by atoms with E-state index in [1.165, 1.54) is 0 Å². The van der Waals surface area contributed by atoms with Gasteiger partial charge in [0.15, 0.2) is 0 Å². The van der Waals surface area contributed by atoms with E-state index in [4.69, 9.17) is 10.6 Å². The van der Waals surface area contributed by atoms with Crippen molar-refractivity contribution in [2.75, 3.05) is 12.5 Å². The summed E-state index contributed by atoms with van der Waals surface area (Å²) in [7, 11) is 1.63. The van der Waals surface area contributed by atoms with Crippen LogP contribution in [0.2, 0.25) is 0 Å². The van der Waals surface area contributed by atoms with Crippen LogP contribution in [0.3, 0.4) is 0 Å². The monoisotopic (exact) mass is 387 g/mol. The maximum Gasteiger partial charge on any atom is 0.144 e. The van der Waals surface area contributed by atoms with E-state index in [9.17, 15) is 0 Å². The predicted octanol–water partition coefficient (Wildman–Crippen LogP) is 4.01. The molecule has 0 aliphatic carbocycles. The Morgan fingerprint density at radius 1 is 1.32 bits per heavy atom. The molecule has 3 N–H and O–H groups in total. The van der Waals surface area contributed by atoms with Gasteiger partial charge in [-0.25, -0.2) is 0 Å². The number of halogens is 2. The minimum absolute atomic E-state index is 0.724. The number of hydrazine groups is 1. The van der Waals surface area contributed by atoms with Crippen molar-refractivity contribution in [2.45, 2.75) is 19.8 Å². The van der Waals surface area contributed by atoms with Crippen LogP contribution >= 0.6 is 31.9 Å². The second kappa shape index (κ2) is 6.07. The van der Waals surface area contributed by atoms with Gasteiger partial charge < -0.3 is 10.2 Å². The quantitative estimate of drug-likeness (QED) is 0.613. The first-order valence-electron chi connectivity index (χ1n) is 5.94. The molecule has 0 aliphatic rings. The summed E-state index contributed by atoms with van der Waals surface area (Å²) in [5.41, 5.74) is 5.40. The number of hydrogen-bond donors (Lipinski definition) is 2. The molecule has 1 aromatic carbocycles. The number of hydrogen-bond acceptors (Lipinski definition) is 4. The van der Waals surface area contributed by atoms with Crippen molar-refractivity contribution >= 4 is 48.5 Å². The molecule has 0 bridgehead atoms. The first kappa shape index (κ1) is 14.6.